The first-order valence-corrected chi connectivity index (χ1v) is 7.82. The smallest absolute Gasteiger partial charge is 0.262 e. The average molecular weight is 362 g/mol. The van der Waals surface area contributed by atoms with Crippen molar-refractivity contribution in [2.45, 2.75) is 11.8 Å². The number of aryl methyl sites for hydroxylation is 1. The van der Waals surface area contributed by atoms with E-state index in [1.54, 1.807) is 13.0 Å². The summed E-state index contributed by atoms with van der Waals surface area (Å²) in [7, 11) is -4.05. The average Bonchev–Trinajstić information content (AvgIpc) is 2.37. The van der Waals surface area contributed by atoms with Gasteiger partial charge in [-0.1, -0.05) is 22.0 Å². The lowest BCUT2D eigenvalue weighted by molar-refractivity contribution is 0.583. The van der Waals surface area contributed by atoms with Crippen molar-refractivity contribution in [1.29, 1.82) is 0 Å². The third-order valence-electron chi connectivity index (χ3n) is 2.64. The van der Waals surface area contributed by atoms with Crippen LogP contribution in [0.15, 0.2) is 45.8 Å². The van der Waals surface area contributed by atoms with Crippen LogP contribution in [0.1, 0.15) is 5.56 Å². The molecular weight excluding hydrogens is 352 g/mol. The maximum absolute atomic E-state index is 13.5. The number of anilines is 1. The Morgan fingerprint density at radius 2 is 1.70 bits per heavy atom. The van der Waals surface area contributed by atoms with Gasteiger partial charge in [-0.05, 0) is 42.8 Å². The molecule has 20 heavy (non-hydrogen) atoms. The zero-order valence-electron chi connectivity index (χ0n) is 10.3. The molecule has 0 aliphatic rings. The van der Waals surface area contributed by atoms with Crippen LogP contribution in [0, 0.1) is 18.6 Å². The van der Waals surface area contributed by atoms with Crippen LogP contribution in [0.25, 0.3) is 0 Å². The lowest BCUT2D eigenvalue weighted by atomic mass is 10.2. The van der Waals surface area contributed by atoms with E-state index in [4.69, 9.17) is 0 Å². The number of sulfonamides is 1. The molecule has 2 aromatic carbocycles. The summed E-state index contributed by atoms with van der Waals surface area (Å²) in [5.41, 5.74) is 0.00922. The van der Waals surface area contributed by atoms with Gasteiger partial charge < -0.3 is 0 Å². The Bertz CT molecular complexity index is 743. The normalized spacial score (nSPS) is 11.4. The van der Waals surface area contributed by atoms with Gasteiger partial charge in [-0.25, -0.2) is 17.2 Å². The van der Waals surface area contributed by atoms with Crippen molar-refractivity contribution in [1.82, 2.24) is 0 Å². The fourth-order valence-corrected chi connectivity index (χ4v) is 2.98. The maximum Gasteiger partial charge on any atom is 0.262 e. The van der Waals surface area contributed by atoms with Gasteiger partial charge in [0.1, 0.15) is 17.3 Å². The molecule has 0 saturated carbocycles. The van der Waals surface area contributed by atoms with E-state index >= 15 is 0 Å². The monoisotopic (exact) mass is 361 g/mol. The Morgan fingerprint density at radius 1 is 1.10 bits per heavy atom. The second-order valence-electron chi connectivity index (χ2n) is 4.11. The molecule has 0 bridgehead atoms. The Hall–Kier alpha value is -1.47. The summed E-state index contributed by atoms with van der Waals surface area (Å²) >= 11 is 3.25. The van der Waals surface area contributed by atoms with Gasteiger partial charge in [0.2, 0.25) is 0 Å². The van der Waals surface area contributed by atoms with Gasteiger partial charge in [0.05, 0.1) is 4.90 Å². The van der Waals surface area contributed by atoms with E-state index in [1.807, 2.05) is 4.72 Å². The number of hydrogen-bond acceptors (Lipinski definition) is 2. The van der Waals surface area contributed by atoms with Crippen molar-refractivity contribution in [2.24, 2.45) is 0 Å². The highest BCUT2D eigenvalue weighted by Gasteiger charge is 2.19. The molecule has 0 aliphatic carbocycles. The molecule has 0 heterocycles. The van der Waals surface area contributed by atoms with Crippen molar-refractivity contribution < 1.29 is 17.2 Å². The minimum atomic E-state index is -4.05. The number of rotatable bonds is 3. The zero-order valence-corrected chi connectivity index (χ0v) is 12.7. The van der Waals surface area contributed by atoms with E-state index in [1.165, 1.54) is 12.1 Å². The second kappa shape index (κ2) is 5.49. The van der Waals surface area contributed by atoms with Crippen LogP contribution >= 0.6 is 15.9 Å². The number of hydrogen-bond donors (Lipinski definition) is 1. The standard InChI is InChI=1S/C13H10BrF2NO2S/c1-8-7-9(5-6-10(8)14)20(18,19)17-13-11(15)3-2-4-12(13)16/h2-7,17H,1H3. The lowest BCUT2D eigenvalue weighted by Gasteiger charge is -2.10. The fourth-order valence-electron chi connectivity index (χ4n) is 1.57. The van der Waals surface area contributed by atoms with Crippen molar-refractivity contribution in [3.63, 3.8) is 0 Å². The molecule has 0 amide bonds. The van der Waals surface area contributed by atoms with E-state index in [0.29, 0.717) is 5.56 Å². The number of nitrogens with one attached hydrogen (secondary N) is 1. The van der Waals surface area contributed by atoms with Crippen LogP contribution in [0.2, 0.25) is 0 Å². The Balaban J connectivity index is 2.43. The van der Waals surface area contributed by atoms with Crippen LogP contribution in [-0.2, 0) is 10.0 Å². The predicted octanol–water partition coefficient (Wildman–Crippen LogP) is 3.84. The highest BCUT2D eigenvalue weighted by atomic mass is 79.9. The third kappa shape index (κ3) is 2.99. The quantitative estimate of drug-likeness (QED) is 0.902. The SMILES string of the molecule is Cc1cc(S(=O)(=O)Nc2c(F)cccc2F)ccc1Br. The van der Waals surface area contributed by atoms with E-state index in [0.717, 1.165) is 22.7 Å². The summed E-state index contributed by atoms with van der Waals surface area (Å²) in [6.07, 6.45) is 0. The minimum Gasteiger partial charge on any atom is -0.274 e. The van der Waals surface area contributed by atoms with Gasteiger partial charge in [-0.2, -0.15) is 0 Å². The van der Waals surface area contributed by atoms with E-state index in [2.05, 4.69) is 15.9 Å². The first kappa shape index (κ1) is 14.9. The summed E-state index contributed by atoms with van der Waals surface area (Å²) in [5, 5.41) is 0. The first-order valence-electron chi connectivity index (χ1n) is 5.54. The highest BCUT2D eigenvalue weighted by molar-refractivity contribution is 9.10. The number of para-hydroxylation sites is 1. The van der Waals surface area contributed by atoms with Gasteiger partial charge in [-0.3, -0.25) is 4.72 Å². The molecule has 2 aromatic rings. The summed E-state index contributed by atoms with van der Waals surface area (Å²) < 4.78 is 53.8. The second-order valence-corrected chi connectivity index (χ2v) is 6.65. The van der Waals surface area contributed by atoms with Crippen molar-refractivity contribution in [3.05, 3.63) is 58.1 Å². The van der Waals surface area contributed by atoms with Crippen LogP contribution in [0.4, 0.5) is 14.5 Å². The fraction of sp³-hybridized carbons (Fsp3) is 0.0769. The molecule has 0 atom stereocenters. The van der Waals surface area contributed by atoms with Crippen molar-refractivity contribution >= 4 is 31.6 Å². The molecule has 2 rings (SSSR count). The van der Waals surface area contributed by atoms with Crippen LogP contribution in [-0.4, -0.2) is 8.42 Å². The Kier molecular flexibility index (Phi) is 4.10. The Morgan fingerprint density at radius 3 is 2.25 bits per heavy atom. The molecule has 0 aliphatic heterocycles. The third-order valence-corrected chi connectivity index (χ3v) is 4.88. The van der Waals surface area contributed by atoms with Gasteiger partial charge in [0.25, 0.3) is 10.0 Å². The molecule has 0 fully saturated rings. The maximum atomic E-state index is 13.5. The molecule has 7 heteroatoms. The van der Waals surface area contributed by atoms with Gasteiger partial charge in [-0.15, -0.1) is 0 Å². The largest absolute Gasteiger partial charge is 0.274 e. The molecule has 0 unspecified atom stereocenters. The minimum absolute atomic E-state index is 0.0687. The highest BCUT2D eigenvalue weighted by Crippen LogP contribution is 2.24. The molecule has 3 nitrogen and oxygen atoms in total. The predicted molar refractivity (Wildman–Crippen MR) is 76.0 cm³/mol. The molecule has 106 valence electrons. The van der Waals surface area contributed by atoms with Gasteiger partial charge in [0.15, 0.2) is 0 Å². The van der Waals surface area contributed by atoms with Crippen LogP contribution in [0.5, 0.6) is 0 Å². The molecule has 0 saturated heterocycles. The van der Waals surface area contributed by atoms with E-state index in [-0.39, 0.29) is 4.90 Å². The lowest BCUT2D eigenvalue weighted by Crippen LogP contribution is -2.15. The topological polar surface area (TPSA) is 46.2 Å². The Labute approximate surface area is 123 Å². The van der Waals surface area contributed by atoms with Gasteiger partial charge >= 0.3 is 0 Å². The van der Waals surface area contributed by atoms with Gasteiger partial charge in [0, 0.05) is 4.47 Å². The van der Waals surface area contributed by atoms with Crippen molar-refractivity contribution in [2.75, 3.05) is 4.72 Å². The summed E-state index contributed by atoms with van der Waals surface area (Å²) in [4.78, 5) is -0.0687. The van der Waals surface area contributed by atoms with Crippen LogP contribution in [0.3, 0.4) is 0 Å². The zero-order chi connectivity index (χ0) is 14.9. The molecule has 0 radical (unpaired) electrons. The molecule has 1 N–H and O–H groups in total. The summed E-state index contributed by atoms with van der Waals surface area (Å²) in [5.74, 6) is -1.94. The van der Waals surface area contributed by atoms with E-state index in [9.17, 15) is 17.2 Å². The van der Waals surface area contributed by atoms with Crippen molar-refractivity contribution in [3.8, 4) is 0 Å². The first-order chi connectivity index (χ1) is 9.31. The molecular formula is C13H10BrF2NO2S. The molecule has 0 spiro atoms. The molecule has 0 aromatic heterocycles. The van der Waals surface area contributed by atoms with Crippen LogP contribution < -0.4 is 4.72 Å². The summed E-state index contributed by atoms with van der Waals surface area (Å²) in [6.45, 7) is 1.72. The number of halogens is 3. The number of benzene rings is 2. The van der Waals surface area contributed by atoms with E-state index < -0.39 is 27.3 Å². The summed E-state index contributed by atoms with van der Waals surface area (Å²) in [6, 6.07) is 7.43.